The fourth-order valence-corrected chi connectivity index (χ4v) is 3.98. The van der Waals surface area contributed by atoms with Gasteiger partial charge in [0.05, 0.1) is 0 Å². The molecular weight excluding hydrogens is 230 g/mol. The summed E-state index contributed by atoms with van der Waals surface area (Å²) in [5.74, 6) is 0. The molecule has 2 aromatic carbocycles. The Balaban J connectivity index is 2.00. The number of hydrogen-bond donors (Lipinski definition) is 1. The van der Waals surface area contributed by atoms with Gasteiger partial charge in [0.15, 0.2) is 0 Å². The molecular formula is C18H19N. The second kappa shape index (κ2) is 3.94. The molecule has 1 fully saturated rings. The Bertz CT molecular complexity index is 636. The summed E-state index contributed by atoms with van der Waals surface area (Å²) >= 11 is 0. The molecule has 1 heterocycles. The molecule has 0 bridgehead atoms. The van der Waals surface area contributed by atoms with E-state index in [0.717, 1.165) is 19.5 Å². The van der Waals surface area contributed by atoms with Crippen LogP contribution in [-0.4, -0.2) is 13.1 Å². The molecule has 1 spiro atoms. The largest absolute Gasteiger partial charge is 0.315 e. The smallest absolute Gasteiger partial charge is 0.0345 e. The summed E-state index contributed by atoms with van der Waals surface area (Å²) in [5.41, 5.74) is 7.75. The van der Waals surface area contributed by atoms with Gasteiger partial charge >= 0.3 is 0 Å². The summed E-state index contributed by atoms with van der Waals surface area (Å²) in [4.78, 5) is 0. The molecule has 1 aliphatic carbocycles. The van der Waals surface area contributed by atoms with E-state index in [4.69, 9.17) is 0 Å². The summed E-state index contributed by atoms with van der Waals surface area (Å²) in [6, 6.07) is 16.0. The molecule has 4 rings (SSSR count). The predicted octanol–water partition coefficient (Wildman–Crippen LogP) is 3.18. The number of aryl methyl sites for hydroxylation is 1. The van der Waals surface area contributed by atoms with Gasteiger partial charge in [0.25, 0.3) is 0 Å². The minimum absolute atomic E-state index is 0.220. The number of rotatable bonds is 0. The van der Waals surface area contributed by atoms with E-state index in [1.54, 1.807) is 11.1 Å². The molecule has 0 amide bonds. The molecule has 1 N–H and O–H groups in total. The van der Waals surface area contributed by atoms with E-state index in [1.165, 1.54) is 23.1 Å². The van der Waals surface area contributed by atoms with Gasteiger partial charge in [-0.3, -0.25) is 0 Å². The summed E-state index contributed by atoms with van der Waals surface area (Å²) in [6.07, 6.45) is 2.31. The zero-order valence-electron chi connectivity index (χ0n) is 11.4. The summed E-state index contributed by atoms with van der Waals surface area (Å²) in [6.45, 7) is 4.40. The average Bonchev–Trinajstić information content (AvgIpc) is 2.89. The molecule has 96 valence electrons. The van der Waals surface area contributed by atoms with Crippen LogP contribution in [0, 0.1) is 6.92 Å². The Hall–Kier alpha value is -1.60. The van der Waals surface area contributed by atoms with E-state index in [9.17, 15) is 0 Å². The van der Waals surface area contributed by atoms with Crippen LogP contribution in [0.1, 0.15) is 34.2 Å². The number of nitrogens with one attached hydrogen (secondary N) is 1. The minimum Gasteiger partial charge on any atom is -0.315 e. The van der Waals surface area contributed by atoms with Crippen LogP contribution in [-0.2, 0) is 11.8 Å². The van der Waals surface area contributed by atoms with Crippen molar-refractivity contribution in [2.45, 2.75) is 25.2 Å². The Labute approximate surface area is 114 Å². The fourth-order valence-electron chi connectivity index (χ4n) is 3.98. The van der Waals surface area contributed by atoms with E-state index in [0.29, 0.717) is 0 Å². The third-order valence-corrected chi connectivity index (χ3v) is 4.85. The minimum atomic E-state index is 0.220. The fraction of sp³-hybridized carbons (Fsp3) is 0.333. The number of hydrogen-bond acceptors (Lipinski definition) is 1. The maximum atomic E-state index is 3.58. The van der Waals surface area contributed by atoms with Gasteiger partial charge in [-0.05, 0) is 48.6 Å². The number of benzene rings is 2. The molecule has 1 aliphatic heterocycles. The van der Waals surface area contributed by atoms with Crippen molar-refractivity contribution in [2.75, 3.05) is 13.1 Å². The highest BCUT2D eigenvalue weighted by atomic mass is 14.9. The van der Waals surface area contributed by atoms with Crippen molar-refractivity contribution in [3.8, 4) is 0 Å². The maximum Gasteiger partial charge on any atom is 0.0345 e. The molecule has 2 aliphatic rings. The molecule has 0 aromatic heterocycles. The predicted molar refractivity (Wildman–Crippen MR) is 78.7 cm³/mol. The van der Waals surface area contributed by atoms with Crippen LogP contribution in [0.3, 0.4) is 0 Å². The van der Waals surface area contributed by atoms with Gasteiger partial charge in [0.1, 0.15) is 0 Å². The second-order valence-electron chi connectivity index (χ2n) is 6.00. The van der Waals surface area contributed by atoms with Crippen molar-refractivity contribution < 1.29 is 0 Å². The van der Waals surface area contributed by atoms with Gasteiger partial charge in [-0.15, -0.1) is 0 Å². The van der Waals surface area contributed by atoms with E-state index < -0.39 is 0 Å². The molecule has 19 heavy (non-hydrogen) atoms. The van der Waals surface area contributed by atoms with Gasteiger partial charge in [-0.25, -0.2) is 0 Å². The SMILES string of the molecule is Cc1ccc2c(c1)Cc1ccccc1C21CCNC1. The lowest BCUT2D eigenvalue weighted by Gasteiger charge is -2.37. The monoisotopic (exact) mass is 249 g/mol. The van der Waals surface area contributed by atoms with Crippen molar-refractivity contribution in [2.24, 2.45) is 0 Å². The van der Waals surface area contributed by atoms with Crippen LogP contribution in [0.15, 0.2) is 42.5 Å². The summed E-state index contributed by atoms with van der Waals surface area (Å²) in [7, 11) is 0. The lowest BCUT2D eigenvalue weighted by molar-refractivity contribution is 0.547. The van der Waals surface area contributed by atoms with E-state index in [1.807, 2.05) is 0 Å². The topological polar surface area (TPSA) is 12.0 Å². The quantitative estimate of drug-likeness (QED) is 0.756. The highest BCUT2D eigenvalue weighted by Crippen LogP contribution is 2.45. The van der Waals surface area contributed by atoms with Crippen LogP contribution < -0.4 is 5.32 Å². The van der Waals surface area contributed by atoms with Crippen molar-refractivity contribution in [1.29, 1.82) is 0 Å². The normalized spacial score (nSPS) is 24.3. The highest BCUT2D eigenvalue weighted by molar-refractivity contribution is 5.55. The van der Waals surface area contributed by atoms with Gasteiger partial charge in [-0.1, -0.05) is 48.0 Å². The zero-order chi connectivity index (χ0) is 12.9. The third-order valence-electron chi connectivity index (χ3n) is 4.85. The van der Waals surface area contributed by atoms with Crippen LogP contribution in [0.2, 0.25) is 0 Å². The Morgan fingerprint density at radius 2 is 1.84 bits per heavy atom. The summed E-state index contributed by atoms with van der Waals surface area (Å²) in [5, 5.41) is 3.58. The molecule has 1 nitrogen and oxygen atoms in total. The van der Waals surface area contributed by atoms with Crippen LogP contribution >= 0.6 is 0 Å². The van der Waals surface area contributed by atoms with E-state index >= 15 is 0 Å². The molecule has 0 radical (unpaired) electrons. The maximum absolute atomic E-state index is 3.58. The van der Waals surface area contributed by atoms with Crippen molar-refractivity contribution in [3.63, 3.8) is 0 Å². The Kier molecular flexibility index (Phi) is 2.33. The zero-order valence-corrected chi connectivity index (χ0v) is 11.4. The highest BCUT2D eigenvalue weighted by Gasteiger charge is 2.42. The van der Waals surface area contributed by atoms with Crippen LogP contribution in [0.25, 0.3) is 0 Å². The van der Waals surface area contributed by atoms with Crippen LogP contribution in [0.5, 0.6) is 0 Å². The molecule has 1 heteroatoms. The standard InChI is InChI=1S/C18H19N/c1-13-6-7-17-15(10-13)11-14-4-2-3-5-16(14)18(17)8-9-19-12-18/h2-7,10,19H,8-9,11-12H2,1H3. The Morgan fingerprint density at radius 1 is 1.00 bits per heavy atom. The molecule has 1 atom stereocenters. The third kappa shape index (κ3) is 1.51. The van der Waals surface area contributed by atoms with E-state index in [2.05, 4.69) is 54.7 Å². The molecule has 1 unspecified atom stereocenters. The second-order valence-corrected chi connectivity index (χ2v) is 6.00. The van der Waals surface area contributed by atoms with Gasteiger partial charge in [-0.2, -0.15) is 0 Å². The number of fused-ring (bicyclic) bond motifs is 4. The first-order valence-electron chi connectivity index (χ1n) is 7.19. The van der Waals surface area contributed by atoms with Crippen molar-refractivity contribution in [1.82, 2.24) is 5.32 Å². The van der Waals surface area contributed by atoms with Gasteiger partial charge in [0.2, 0.25) is 0 Å². The van der Waals surface area contributed by atoms with Crippen LogP contribution in [0.4, 0.5) is 0 Å². The van der Waals surface area contributed by atoms with Gasteiger partial charge in [0, 0.05) is 12.0 Å². The van der Waals surface area contributed by atoms with Crippen molar-refractivity contribution >= 4 is 0 Å². The first-order valence-corrected chi connectivity index (χ1v) is 7.19. The Morgan fingerprint density at radius 3 is 2.68 bits per heavy atom. The lowest BCUT2D eigenvalue weighted by atomic mass is 9.66. The van der Waals surface area contributed by atoms with Crippen molar-refractivity contribution in [3.05, 3.63) is 70.3 Å². The van der Waals surface area contributed by atoms with E-state index in [-0.39, 0.29) is 5.41 Å². The van der Waals surface area contributed by atoms with Gasteiger partial charge < -0.3 is 5.32 Å². The summed E-state index contributed by atoms with van der Waals surface area (Å²) < 4.78 is 0. The average molecular weight is 249 g/mol. The first kappa shape index (κ1) is 11.2. The first-order chi connectivity index (χ1) is 9.29. The molecule has 1 saturated heterocycles. The molecule has 2 aromatic rings. The lowest BCUT2D eigenvalue weighted by Crippen LogP contribution is -2.35. The molecule has 0 saturated carbocycles.